The van der Waals surface area contributed by atoms with Crippen LogP contribution in [0.1, 0.15) is 42.7 Å². The average molecular weight is 211 g/mol. The summed E-state index contributed by atoms with van der Waals surface area (Å²) in [6.45, 7) is 2.18. The van der Waals surface area contributed by atoms with Crippen molar-refractivity contribution in [2.45, 2.75) is 31.6 Å². The highest BCUT2D eigenvalue weighted by molar-refractivity contribution is 6.31. The number of hydrogen-bond acceptors (Lipinski definition) is 1. The van der Waals surface area contributed by atoms with Crippen molar-refractivity contribution in [3.05, 3.63) is 34.3 Å². The Morgan fingerprint density at radius 2 is 2.21 bits per heavy atom. The van der Waals surface area contributed by atoms with E-state index in [2.05, 4.69) is 12.1 Å². The molecule has 1 aromatic carbocycles. The number of aliphatic hydroxyl groups excluding tert-OH is 1. The van der Waals surface area contributed by atoms with E-state index in [0.29, 0.717) is 5.92 Å². The Bertz CT molecular complexity index is 331. The Labute approximate surface area is 89.7 Å². The van der Waals surface area contributed by atoms with Gasteiger partial charge >= 0.3 is 0 Å². The molecule has 1 nitrogen and oxygen atoms in total. The van der Waals surface area contributed by atoms with Crippen molar-refractivity contribution < 1.29 is 5.11 Å². The minimum absolute atomic E-state index is 0.180. The van der Waals surface area contributed by atoms with Gasteiger partial charge in [-0.15, -0.1) is 0 Å². The number of halogens is 1. The lowest BCUT2D eigenvalue weighted by Gasteiger charge is -2.10. The number of benzene rings is 1. The van der Waals surface area contributed by atoms with Gasteiger partial charge in [0.1, 0.15) is 0 Å². The lowest BCUT2D eigenvalue weighted by molar-refractivity contribution is 0.273. The first-order chi connectivity index (χ1) is 6.72. The zero-order chi connectivity index (χ0) is 10.1. The zero-order valence-corrected chi connectivity index (χ0v) is 9.09. The Balaban J connectivity index is 2.25. The van der Waals surface area contributed by atoms with Crippen LogP contribution in [0.15, 0.2) is 18.2 Å². The predicted octanol–water partition coefficient (Wildman–Crippen LogP) is 3.31. The maximum Gasteiger partial charge on any atom is 0.0497 e. The first-order valence-corrected chi connectivity index (χ1v) is 5.50. The van der Waals surface area contributed by atoms with Gasteiger partial charge in [-0.3, -0.25) is 0 Å². The standard InChI is InChI=1S/C12H15ClO/c1-8(7-14)10-4-5-11(9-2-3-9)12(13)6-10/h4-6,8-9,14H,2-3,7H2,1H3. The molecule has 1 saturated carbocycles. The summed E-state index contributed by atoms with van der Waals surface area (Å²) in [7, 11) is 0. The molecule has 0 bridgehead atoms. The second kappa shape index (κ2) is 3.92. The smallest absolute Gasteiger partial charge is 0.0497 e. The molecule has 2 heteroatoms. The molecule has 1 N–H and O–H groups in total. The minimum Gasteiger partial charge on any atom is -0.396 e. The highest BCUT2D eigenvalue weighted by Crippen LogP contribution is 2.43. The fourth-order valence-electron chi connectivity index (χ4n) is 1.68. The first kappa shape index (κ1) is 10.0. The van der Waals surface area contributed by atoms with E-state index in [1.54, 1.807) is 0 Å². The van der Waals surface area contributed by atoms with Crippen LogP contribution in [-0.2, 0) is 0 Å². The largest absolute Gasteiger partial charge is 0.396 e. The lowest BCUT2D eigenvalue weighted by Crippen LogP contribution is -1.99. The highest BCUT2D eigenvalue weighted by atomic mass is 35.5. The van der Waals surface area contributed by atoms with Gasteiger partial charge in [0, 0.05) is 17.5 Å². The summed E-state index contributed by atoms with van der Waals surface area (Å²) in [6.07, 6.45) is 2.54. The molecule has 1 aliphatic rings. The Morgan fingerprint density at radius 3 is 2.71 bits per heavy atom. The van der Waals surface area contributed by atoms with Gasteiger partial charge in [0.25, 0.3) is 0 Å². The van der Waals surface area contributed by atoms with Crippen molar-refractivity contribution in [1.82, 2.24) is 0 Å². The third-order valence-electron chi connectivity index (χ3n) is 2.88. The van der Waals surface area contributed by atoms with Crippen LogP contribution in [0.2, 0.25) is 5.02 Å². The predicted molar refractivity (Wildman–Crippen MR) is 58.9 cm³/mol. The molecule has 1 aromatic rings. The van der Waals surface area contributed by atoms with Gasteiger partial charge in [-0.1, -0.05) is 30.7 Å². The van der Waals surface area contributed by atoms with Crippen LogP contribution in [0, 0.1) is 0 Å². The zero-order valence-electron chi connectivity index (χ0n) is 8.33. The van der Waals surface area contributed by atoms with E-state index in [4.69, 9.17) is 16.7 Å². The average Bonchev–Trinajstić information content (AvgIpc) is 3.00. The fraction of sp³-hybridized carbons (Fsp3) is 0.500. The molecule has 0 heterocycles. The van der Waals surface area contributed by atoms with Crippen molar-refractivity contribution >= 4 is 11.6 Å². The van der Waals surface area contributed by atoms with E-state index in [-0.39, 0.29) is 12.5 Å². The molecule has 0 saturated heterocycles. The number of hydrogen-bond donors (Lipinski definition) is 1. The van der Waals surface area contributed by atoms with E-state index in [1.807, 2.05) is 13.0 Å². The van der Waals surface area contributed by atoms with Crippen LogP contribution < -0.4 is 0 Å². The summed E-state index contributed by atoms with van der Waals surface area (Å²) in [5.74, 6) is 0.877. The third-order valence-corrected chi connectivity index (χ3v) is 3.21. The Morgan fingerprint density at radius 1 is 1.50 bits per heavy atom. The van der Waals surface area contributed by atoms with Crippen LogP contribution in [0.3, 0.4) is 0 Å². The molecule has 0 radical (unpaired) electrons. The summed E-state index contributed by atoms with van der Waals surface area (Å²) in [5.41, 5.74) is 2.41. The quantitative estimate of drug-likeness (QED) is 0.812. The Hall–Kier alpha value is -0.530. The van der Waals surface area contributed by atoms with E-state index in [9.17, 15) is 0 Å². The molecule has 14 heavy (non-hydrogen) atoms. The van der Waals surface area contributed by atoms with E-state index >= 15 is 0 Å². The maximum atomic E-state index is 9.03. The van der Waals surface area contributed by atoms with Gasteiger partial charge < -0.3 is 5.11 Å². The summed E-state index contributed by atoms with van der Waals surface area (Å²) in [6, 6.07) is 6.19. The van der Waals surface area contributed by atoms with E-state index in [0.717, 1.165) is 10.6 Å². The normalized spacial score (nSPS) is 18.2. The van der Waals surface area contributed by atoms with Gasteiger partial charge in [0.05, 0.1) is 0 Å². The van der Waals surface area contributed by atoms with E-state index < -0.39 is 0 Å². The summed E-state index contributed by atoms with van der Waals surface area (Å²) < 4.78 is 0. The lowest BCUT2D eigenvalue weighted by atomic mass is 9.99. The van der Waals surface area contributed by atoms with Crippen molar-refractivity contribution in [2.75, 3.05) is 6.61 Å². The molecule has 1 atom stereocenters. The molecule has 0 aromatic heterocycles. The molecule has 0 aliphatic heterocycles. The molecule has 1 aliphatic carbocycles. The molecule has 76 valence electrons. The van der Waals surface area contributed by atoms with Crippen molar-refractivity contribution in [3.63, 3.8) is 0 Å². The molecular formula is C12H15ClO. The summed E-state index contributed by atoms with van der Waals surface area (Å²) in [4.78, 5) is 0. The van der Waals surface area contributed by atoms with E-state index in [1.165, 1.54) is 18.4 Å². The van der Waals surface area contributed by atoms with Gasteiger partial charge in [-0.25, -0.2) is 0 Å². The fourth-order valence-corrected chi connectivity index (χ4v) is 2.02. The van der Waals surface area contributed by atoms with Crippen LogP contribution in [0.4, 0.5) is 0 Å². The summed E-state index contributed by atoms with van der Waals surface area (Å²) in [5, 5.41) is 9.89. The second-order valence-electron chi connectivity index (χ2n) is 4.14. The van der Waals surface area contributed by atoms with Gasteiger partial charge in [-0.2, -0.15) is 0 Å². The topological polar surface area (TPSA) is 20.2 Å². The number of aliphatic hydroxyl groups is 1. The SMILES string of the molecule is CC(CO)c1ccc(C2CC2)c(Cl)c1. The molecular weight excluding hydrogens is 196 g/mol. The van der Waals surface area contributed by atoms with Crippen LogP contribution >= 0.6 is 11.6 Å². The highest BCUT2D eigenvalue weighted by Gasteiger charge is 2.25. The Kier molecular flexibility index (Phi) is 2.80. The molecule has 1 fully saturated rings. The molecule has 2 rings (SSSR count). The van der Waals surface area contributed by atoms with Crippen LogP contribution in [-0.4, -0.2) is 11.7 Å². The van der Waals surface area contributed by atoms with Crippen LogP contribution in [0.5, 0.6) is 0 Å². The monoisotopic (exact) mass is 210 g/mol. The van der Waals surface area contributed by atoms with Crippen molar-refractivity contribution in [3.8, 4) is 0 Å². The summed E-state index contributed by atoms with van der Waals surface area (Å²) >= 11 is 6.18. The van der Waals surface area contributed by atoms with Crippen molar-refractivity contribution in [1.29, 1.82) is 0 Å². The second-order valence-corrected chi connectivity index (χ2v) is 4.55. The molecule has 1 unspecified atom stereocenters. The third kappa shape index (κ3) is 1.94. The maximum absolute atomic E-state index is 9.03. The number of rotatable bonds is 3. The minimum atomic E-state index is 0.180. The first-order valence-electron chi connectivity index (χ1n) is 5.12. The van der Waals surface area contributed by atoms with Gasteiger partial charge in [0.2, 0.25) is 0 Å². The van der Waals surface area contributed by atoms with Gasteiger partial charge in [0.15, 0.2) is 0 Å². The molecule has 0 spiro atoms. The van der Waals surface area contributed by atoms with Crippen molar-refractivity contribution in [2.24, 2.45) is 0 Å². The van der Waals surface area contributed by atoms with Gasteiger partial charge in [-0.05, 0) is 36.0 Å². The van der Waals surface area contributed by atoms with Crippen LogP contribution in [0.25, 0.3) is 0 Å². The molecule has 0 amide bonds.